The van der Waals surface area contributed by atoms with Crippen molar-refractivity contribution in [2.75, 3.05) is 5.75 Å². The number of aromatic nitrogens is 4. The van der Waals surface area contributed by atoms with Crippen LogP contribution >= 0.6 is 0 Å². The topological polar surface area (TPSA) is 88.2 Å². The van der Waals surface area contributed by atoms with Crippen molar-refractivity contribution in [2.24, 2.45) is 14.1 Å². The molecule has 0 radical (unpaired) electrons. The lowest BCUT2D eigenvalue weighted by atomic mass is 10.2. The average Bonchev–Trinajstić information content (AvgIpc) is 3.30. The maximum atomic E-state index is 13.7. The quantitative estimate of drug-likeness (QED) is 0.362. The van der Waals surface area contributed by atoms with Gasteiger partial charge in [-0.2, -0.15) is 17.6 Å². The Morgan fingerprint density at radius 3 is 2.06 bits per heavy atom. The summed E-state index contributed by atoms with van der Waals surface area (Å²) in [5.41, 5.74) is 0.581. The van der Waals surface area contributed by atoms with Crippen LogP contribution in [0.15, 0.2) is 41.4 Å². The highest BCUT2D eigenvalue weighted by molar-refractivity contribution is 7.91. The molecule has 0 bridgehead atoms. The largest absolute Gasteiger partial charge is 0.507 e. The number of imidazole rings is 2. The van der Waals surface area contributed by atoms with Crippen molar-refractivity contribution >= 4 is 20.9 Å². The highest BCUT2D eigenvalue weighted by Gasteiger charge is 2.66. The predicted octanol–water partition coefficient (Wildman–Crippen LogP) is 4.53. The summed E-state index contributed by atoms with van der Waals surface area (Å²) in [7, 11) is -0.927. The van der Waals surface area contributed by atoms with Crippen LogP contribution in [-0.2, 0) is 23.9 Å². The SMILES string of the molecule is CCS(=O)(=O)c1c(-c2nc3cc4c(cc3n2C)OC(F)(F)C(F)(F)O4)nc(-c2ccc(F)cc2)n1C. The standard InChI is InChI=1S/C22H17F5N4O4S/c1-4-36(32,33)20-17(29-18(31(20)3)11-5-7-12(23)8-6-11)19-28-13-9-15-16(10-14(13)30(19)2)35-22(26,27)21(24,25)34-15/h5-10H,4H2,1-3H3. The minimum absolute atomic E-state index is 0.0156. The Kier molecular flexibility index (Phi) is 5.11. The first kappa shape index (κ1) is 24.0. The van der Waals surface area contributed by atoms with Crippen molar-refractivity contribution in [2.45, 2.75) is 24.2 Å². The van der Waals surface area contributed by atoms with Gasteiger partial charge in [0, 0.05) is 31.8 Å². The summed E-state index contributed by atoms with van der Waals surface area (Å²) < 4.78 is 105. The Bertz CT molecular complexity index is 1630. The maximum absolute atomic E-state index is 13.7. The number of nitrogens with zero attached hydrogens (tertiary/aromatic N) is 4. The fourth-order valence-corrected chi connectivity index (χ4v) is 5.15. The van der Waals surface area contributed by atoms with Gasteiger partial charge in [0.15, 0.2) is 32.2 Å². The van der Waals surface area contributed by atoms with Crippen molar-refractivity contribution in [1.29, 1.82) is 0 Å². The van der Waals surface area contributed by atoms with E-state index in [4.69, 9.17) is 0 Å². The number of sulfone groups is 1. The highest BCUT2D eigenvalue weighted by atomic mass is 32.2. The molecule has 8 nitrogen and oxygen atoms in total. The van der Waals surface area contributed by atoms with E-state index in [0.29, 0.717) is 5.56 Å². The number of halogens is 5. The number of hydrogen-bond acceptors (Lipinski definition) is 6. The monoisotopic (exact) mass is 528 g/mol. The van der Waals surface area contributed by atoms with E-state index in [1.807, 2.05) is 0 Å². The molecule has 0 saturated carbocycles. The summed E-state index contributed by atoms with van der Waals surface area (Å²) in [5, 5.41) is -0.182. The van der Waals surface area contributed by atoms with Crippen LogP contribution in [-0.4, -0.2) is 45.5 Å². The minimum atomic E-state index is -4.90. The number of ether oxygens (including phenoxy) is 2. The van der Waals surface area contributed by atoms with E-state index < -0.39 is 39.4 Å². The molecule has 0 amide bonds. The Morgan fingerprint density at radius 1 is 0.889 bits per heavy atom. The third-order valence-corrected chi connectivity index (χ3v) is 7.61. The van der Waals surface area contributed by atoms with Crippen LogP contribution in [0.3, 0.4) is 0 Å². The summed E-state index contributed by atoms with van der Waals surface area (Å²) in [6.07, 6.45) is -9.80. The number of rotatable bonds is 4. The third-order valence-electron chi connectivity index (χ3n) is 5.79. The zero-order chi connectivity index (χ0) is 26.2. The van der Waals surface area contributed by atoms with E-state index in [1.54, 1.807) is 0 Å². The van der Waals surface area contributed by atoms with E-state index in [-0.39, 0.29) is 39.2 Å². The number of aryl methyl sites for hydroxylation is 1. The molecule has 3 heterocycles. The first-order valence-corrected chi connectivity index (χ1v) is 12.1. The highest BCUT2D eigenvalue weighted by Crippen LogP contribution is 2.48. The van der Waals surface area contributed by atoms with Gasteiger partial charge in [0.05, 0.1) is 16.8 Å². The van der Waals surface area contributed by atoms with Crippen molar-refractivity contribution < 1.29 is 39.8 Å². The van der Waals surface area contributed by atoms with Gasteiger partial charge in [-0.05, 0) is 24.3 Å². The van der Waals surface area contributed by atoms with E-state index in [1.165, 1.54) is 54.4 Å². The molecule has 2 aromatic carbocycles. The summed E-state index contributed by atoms with van der Waals surface area (Å²) in [6, 6.07) is 7.30. The van der Waals surface area contributed by atoms with E-state index in [2.05, 4.69) is 19.4 Å². The van der Waals surface area contributed by atoms with Crippen LogP contribution in [0.5, 0.6) is 11.5 Å². The normalized spacial score (nSPS) is 16.4. The summed E-state index contributed by atoms with van der Waals surface area (Å²) in [4.78, 5) is 8.81. The molecule has 5 rings (SSSR count). The lowest BCUT2D eigenvalue weighted by molar-refractivity contribution is -0.391. The predicted molar refractivity (Wildman–Crippen MR) is 117 cm³/mol. The first-order chi connectivity index (χ1) is 16.8. The molecule has 0 fully saturated rings. The molecule has 1 aliphatic heterocycles. The Hall–Kier alpha value is -3.68. The fraction of sp³-hybridized carbons (Fsp3) is 0.273. The Labute approximate surface area is 200 Å². The molecular weight excluding hydrogens is 511 g/mol. The van der Waals surface area contributed by atoms with Gasteiger partial charge in [-0.15, -0.1) is 0 Å². The minimum Gasteiger partial charge on any atom is -0.421 e. The van der Waals surface area contributed by atoms with Gasteiger partial charge in [-0.1, -0.05) is 6.92 Å². The second-order valence-corrected chi connectivity index (χ2v) is 10.3. The number of benzene rings is 2. The van der Waals surface area contributed by atoms with Crippen molar-refractivity contribution in [1.82, 2.24) is 19.1 Å². The van der Waals surface area contributed by atoms with Crippen molar-refractivity contribution in [3.63, 3.8) is 0 Å². The lowest BCUT2D eigenvalue weighted by Gasteiger charge is -2.31. The second kappa shape index (κ2) is 7.66. The second-order valence-electron chi connectivity index (χ2n) is 8.08. The molecule has 0 saturated heterocycles. The Morgan fingerprint density at radius 2 is 1.47 bits per heavy atom. The molecule has 0 N–H and O–H groups in total. The van der Waals surface area contributed by atoms with Gasteiger partial charge in [-0.25, -0.2) is 22.8 Å². The van der Waals surface area contributed by atoms with E-state index in [9.17, 15) is 30.4 Å². The molecule has 0 aliphatic carbocycles. The molecule has 190 valence electrons. The summed E-state index contributed by atoms with van der Waals surface area (Å²) >= 11 is 0. The molecule has 36 heavy (non-hydrogen) atoms. The van der Waals surface area contributed by atoms with E-state index >= 15 is 0 Å². The van der Waals surface area contributed by atoms with Crippen LogP contribution < -0.4 is 9.47 Å². The van der Waals surface area contributed by atoms with Crippen LogP contribution in [0.1, 0.15) is 6.92 Å². The molecule has 4 aromatic rings. The number of fused-ring (bicyclic) bond motifs is 2. The number of alkyl halides is 4. The molecule has 0 unspecified atom stereocenters. The zero-order valence-electron chi connectivity index (χ0n) is 18.9. The molecule has 0 spiro atoms. The van der Waals surface area contributed by atoms with Gasteiger partial charge in [0.25, 0.3) is 0 Å². The van der Waals surface area contributed by atoms with Gasteiger partial charge in [-0.3, -0.25) is 0 Å². The van der Waals surface area contributed by atoms with Gasteiger partial charge in [0.2, 0.25) is 0 Å². The first-order valence-electron chi connectivity index (χ1n) is 10.5. The Balaban J connectivity index is 1.74. The zero-order valence-corrected chi connectivity index (χ0v) is 19.7. The molecule has 0 atom stereocenters. The maximum Gasteiger partial charge on any atom is 0.507 e. The molecule has 1 aliphatic rings. The van der Waals surface area contributed by atoms with Gasteiger partial charge in [0.1, 0.15) is 17.3 Å². The van der Waals surface area contributed by atoms with Crippen LogP contribution in [0.4, 0.5) is 22.0 Å². The average molecular weight is 528 g/mol. The van der Waals surface area contributed by atoms with Crippen molar-refractivity contribution in [3.05, 3.63) is 42.2 Å². The molecule has 14 heteroatoms. The lowest BCUT2D eigenvalue weighted by Crippen LogP contribution is -2.52. The smallest absolute Gasteiger partial charge is 0.421 e. The number of hydrogen-bond donors (Lipinski definition) is 0. The molecular formula is C22H17F5N4O4S. The summed E-state index contributed by atoms with van der Waals surface area (Å²) in [6.45, 7) is 1.45. The van der Waals surface area contributed by atoms with Crippen molar-refractivity contribution in [3.8, 4) is 34.4 Å². The van der Waals surface area contributed by atoms with Gasteiger partial charge >= 0.3 is 12.2 Å². The summed E-state index contributed by atoms with van der Waals surface area (Å²) in [5.74, 6) is -1.84. The fourth-order valence-electron chi connectivity index (χ4n) is 3.95. The van der Waals surface area contributed by atoms with Crippen LogP contribution in [0, 0.1) is 5.82 Å². The van der Waals surface area contributed by atoms with Crippen LogP contribution in [0.25, 0.3) is 33.9 Å². The molecule has 2 aromatic heterocycles. The van der Waals surface area contributed by atoms with Crippen LogP contribution in [0.2, 0.25) is 0 Å². The van der Waals surface area contributed by atoms with E-state index in [0.717, 1.165) is 12.1 Å². The van der Waals surface area contributed by atoms with Gasteiger partial charge < -0.3 is 18.6 Å². The third kappa shape index (κ3) is 3.50.